The number of imidazole rings is 1. The Labute approximate surface area is 200 Å². The van der Waals surface area contributed by atoms with Gasteiger partial charge in [-0.15, -0.1) is 0 Å². The van der Waals surface area contributed by atoms with E-state index in [0.29, 0.717) is 33.2 Å². The summed E-state index contributed by atoms with van der Waals surface area (Å²) in [6, 6.07) is 9.31. The van der Waals surface area contributed by atoms with Crippen molar-refractivity contribution in [3.8, 4) is 22.8 Å². The maximum atomic E-state index is 9.42. The monoisotopic (exact) mass is 475 g/mol. The number of halogens is 1. The number of hydrogen-bond acceptors (Lipinski definition) is 7. The number of aliphatic hydroxyl groups is 1. The number of aromatic amines is 1. The average molecular weight is 476 g/mol. The summed E-state index contributed by atoms with van der Waals surface area (Å²) in [7, 11) is 0. The molecule has 0 saturated carbocycles. The Morgan fingerprint density at radius 1 is 1.12 bits per heavy atom. The van der Waals surface area contributed by atoms with E-state index in [1.54, 1.807) is 18.5 Å². The maximum absolute atomic E-state index is 9.42. The summed E-state index contributed by atoms with van der Waals surface area (Å²) in [5.41, 5.74) is 4.58. The van der Waals surface area contributed by atoms with Crippen molar-refractivity contribution in [1.82, 2.24) is 34.6 Å². The molecule has 3 aromatic heterocycles. The second kappa shape index (κ2) is 8.35. The number of fused-ring (bicyclic) bond motifs is 2. The molecule has 0 bridgehead atoms. The van der Waals surface area contributed by atoms with Gasteiger partial charge in [0.05, 0.1) is 47.3 Å². The van der Waals surface area contributed by atoms with Crippen LogP contribution in [0.4, 0.5) is 0 Å². The first-order chi connectivity index (χ1) is 16.5. The average Bonchev–Trinajstić information content (AvgIpc) is 3.43. The summed E-state index contributed by atoms with van der Waals surface area (Å²) in [6.45, 7) is 4.95. The van der Waals surface area contributed by atoms with Crippen molar-refractivity contribution in [2.24, 2.45) is 0 Å². The van der Waals surface area contributed by atoms with Gasteiger partial charge in [-0.3, -0.25) is 14.6 Å². The molecule has 172 valence electrons. The fourth-order valence-electron chi connectivity index (χ4n) is 4.14. The molecule has 5 aromatic rings. The Hall–Kier alpha value is -3.53. The number of ether oxygens (including phenoxy) is 1. The SMILES string of the molecule is Cc1nc2ccc(Oc3ccc4ncc(-c5cnn(CCN6CC(O)C6)c5)nc4c3Cl)cc2[nH]1. The smallest absolute Gasteiger partial charge is 0.148 e. The number of aromatic nitrogens is 6. The maximum Gasteiger partial charge on any atom is 0.148 e. The van der Waals surface area contributed by atoms with E-state index in [1.165, 1.54) is 0 Å². The van der Waals surface area contributed by atoms with Crippen LogP contribution in [0.15, 0.2) is 48.9 Å². The first-order valence-corrected chi connectivity index (χ1v) is 11.4. The molecule has 34 heavy (non-hydrogen) atoms. The van der Waals surface area contributed by atoms with Gasteiger partial charge in [0.25, 0.3) is 0 Å². The van der Waals surface area contributed by atoms with Crippen molar-refractivity contribution in [2.45, 2.75) is 19.6 Å². The molecule has 2 aromatic carbocycles. The van der Waals surface area contributed by atoms with Crippen LogP contribution in [0.3, 0.4) is 0 Å². The predicted octanol–water partition coefficient (Wildman–Crippen LogP) is 3.80. The molecule has 1 saturated heterocycles. The molecule has 1 fully saturated rings. The van der Waals surface area contributed by atoms with E-state index < -0.39 is 0 Å². The van der Waals surface area contributed by atoms with Crippen molar-refractivity contribution < 1.29 is 9.84 Å². The van der Waals surface area contributed by atoms with Crippen molar-refractivity contribution in [3.63, 3.8) is 0 Å². The van der Waals surface area contributed by atoms with E-state index >= 15 is 0 Å². The Morgan fingerprint density at radius 2 is 1.97 bits per heavy atom. The van der Waals surface area contributed by atoms with Gasteiger partial charge < -0.3 is 14.8 Å². The minimum Gasteiger partial charge on any atom is -0.456 e. The van der Waals surface area contributed by atoms with Gasteiger partial charge in [-0.05, 0) is 31.2 Å². The second-order valence-electron chi connectivity index (χ2n) is 8.51. The third kappa shape index (κ3) is 3.98. The molecule has 0 amide bonds. The fourth-order valence-corrected chi connectivity index (χ4v) is 4.38. The molecule has 0 atom stereocenters. The number of hydrogen-bond donors (Lipinski definition) is 2. The van der Waals surface area contributed by atoms with Crippen LogP contribution in [0.1, 0.15) is 5.82 Å². The molecule has 10 heteroatoms. The van der Waals surface area contributed by atoms with Gasteiger partial charge >= 0.3 is 0 Å². The zero-order valence-electron chi connectivity index (χ0n) is 18.4. The number of rotatable bonds is 6. The summed E-state index contributed by atoms with van der Waals surface area (Å²) in [4.78, 5) is 19.1. The van der Waals surface area contributed by atoms with E-state index in [4.69, 9.17) is 21.3 Å². The lowest BCUT2D eigenvalue weighted by Crippen LogP contribution is -2.51. The lowest BCUT2D eigenvalue weighted by molar-refractivity contribution is 0.0000449. The summed E-state index contributed by atoms with van der Waals surface area (Å²) in [5, 5.41) is 14.3. The third-order valence-electron chi connectivity index (χ3n) is 5.93. The Bertz CT molecular complexity index is 1510. The van der Waals surface area contributed by atoms with Crippen LogP contribution < -0.4 is 4.74 Å². The van der Waals surface area contributed by atoms with E-state index in [1.807, 2.05) is 42.1 Å². The highest BCUT2D eigenvalue weighted by molar-refractivity contribution is 6.36. The molecule has 0 unspecified atom stereocenters. The Balaban J connectivity index is 1.25. The van der Waals surface area contributed by atoms with E-state index in [9.17, 15) is 5.11 Å². The van der Waals surface area contributed by atoms with Crippen molar-refractivity contribution in [3.05, 3.63) is 59.8 Å². The Morgan fingerprint density at radius 3 is 2.82 bits per heavy atom. The van der Waals surface area contributed by atoms with Crippen LogP contribution in [0.2, 0.25) is 5.02 Å². The van der Waals surface area contributed by atoms with Gasteiger partial charge in [-0.25, -0.2) is 9.97 Å². The van der Waals surface area contributed by atoms with Gasteiger partial charge in [0.15, 0.2) is 0 Å². The largest absolute Gasteiger partial charge is 0.456 e. The number of aliphatic hydroxyl groups excluding tert-OH is 1. The summed E-state index contributed by atoms with van der Waals surface area (Å²) < 4.78 is 7.95. The molecule has 1 aliphatic rings. The van der Waals surface area contributed by atoms with Crippen LogP contribution >= 0.6 is 11.6 Å². The molecule has 0 aliphatic carbocycles. The van der Waals surface area contributed by atoms with E-state index in [0.717, 1.165) is 48.6 Å². The van der Waals surface area contributed by atoms with Gasteiger partial charge in [-0.1, -0.05) is 11.6 Å². The number of nitrogens with zero attached hydrogens (tertiary/aromatic N) is 6. The lowest BCUT2D eigenvalue weighted by Gasteiger charge is -2.35. The zero-order chi connectivity index (χ0) is 23.2. The normalized spacial score (nSPS) is 14.7. The Kier molecular flexibility index (Phi) is 5.17. The van der Waals surface area contributed by atoms with Gasteiger partial charge in [0, 0.05) is 37.5 Å². The first-order valence-electron chi connectivity index (χ1n) is 11.0. The highest BCUT2D eigenvalue weighted by atomic mass is 35.5. The van der Waals surface area contributed by atoms with Crippen molar-refractivity contribution in [1.29, 1.82) is 0 Å². The van der Waals surface area contributed by atoms with Crippen LogP contribution in [0.25, 0.3) is 33.3 Å². The lowest BCUT2D eigenvalue weighted by atomic mass is 10.2. The number of benzene rings is 2. The van der Waals surface area contributed by atoms with Gasteiger partial charge in [0.1, 0.15) is 27.9 Å². The number of β-amino-alcohol motifs (C(OH)–C–C–N with tert-alkyl or cyclic N) is 1. The quantitative estimate of drug-likeness (QED) is 0.385. The van der Waals surface area contributed by atoms with Crippen molar-refractivity contribution >= 4 is 33.7 Å². The summed E-state index contributed by atoms with van der Waals surface area (Å²) >= 11 is 6.70. The molecule has 0 radical (unpaired) electrons. The standard InChI is InChI=1S/C24H22ClN7O2/c1-14-28-18-3-2-17(8-20(18)29-14)34-22-5-4-19-24(23(22)25)30-21(10-26-19)15-9-27-32(11-15)7-6-31-12-16(33)13-31/h2-5,8-11,16,33H,6-7,12-13H2,1H3,(H,28,29). The van der Waals surface area contributed by atoms with Gasteiger partial charge in [0.2, 0.25) is 0 Å². The predicted molar refractivity (Wildman–Crippen MR) is 129 cm³/mol. The van der Waals surface area contributed by atoms with Crippen LogP contribution in [0, 0.1) is 6.92 Å². The first kappa shape index (κ1) is 21.0. The molecule has 0 spiro atoms. The number of likely N-dealkylation sites (tertiary alicyclic amines) is 1. The van der Waals surface area contributed by atoms with E-state index in [-0.39, 0.29) is 6.10 Å². The van der Waals surface area contributed by atoms with E-state index in [2.05, 4.69) is 25.0 Å². The van der Waals surface area contributed by atoms with Gasteiger partial charge in [-0.2, -0.15) is 5.10 Å². The minimum absolute atomic E-state index is 0.197. The minimum atomic E-state index is -0.197. The van der Waals surface area contributed by atoms with Crippen LogP contribution in [-0.4, -0.2) is 65.5 Å². The highest BCUT2D eigenvalue weighted by Gasteiger charge is 2.23. The van der Waals surface area contributed by atoms with Crippen molar-refractivity contribution in [2.75, 3.05) is 19.6 Å². The second-order valence-corrected chi connectivity index (χ2v) is 8.89. The molecule has 1 aliphatic heterocycles. The molecular weight excluding hydrogens is 454 g/mol. The topological polar surface area (TPSA) is 105 Å². The third-order valence-corrected chi connectivity index (χ3v) is 6.29. The highest BCUT2D eigenvalue weighted by Crippen LogP contribution is 2.35. The zero-order valence-corrected chi connectivity index (χ0v) is 19.2. The summed E-state index contributed by atoms with van der Waals surface area (Å²) in [5.74, 6) is 2.00. The fraction of sp³-hybridized carbons (Fsp3) is 0.250. The molecule has 6 rings (SSSR count). The molecule has 2 N–H and O–H groups in total. The van der Waals surface area contributed by atoms with Crippen LogP contribution in [-0.2, 0) is 6.54 Å². The molecular formula is C24H22ClN7O2. The molecule has 9 nitrogen and oxygen atoms in total. The number of nitrogens with one attached hydrogen (secondary N) is 1. The van der Waals surface area contributed by atoms with Crippen LogP contribution in [0.5, 0.6) is 11.5 Å². The number of H-pyrrole nitrogens is 1. The molecule has 4 heterocycles. The number of aryl methyl sites for hydroxylation is 1. The summed E-state index contributed by atoms with van der Waals surface area (Å²) in [6.07, 6.45) is 5.25.